The standard InChI is InChI=1S/C9H19N5O2S/c1-4-5-10-6-9-11-12-13-14(9)8(2)7-17(3,15)16/h8,10H,4-7H2,1-3H3. The van der Waals surface area contributed by atoms with Crippen LogP contribution in [0.25, 0.3) is 0 Å². The van der Waals surface area contributed by atoms with E-state index in [1.54, 1.807) is 11.6 Å². The van der Waals surface area contributed by atoms with Crippen molar-refractivity contribution in [2.45, 2.75) is 32.9 Å². The van der Waals surface area contributed by atoms with Crippen LogP contribution < -0.4 is 5.32 Å². The molecule has 0 aliphatic carbocycles. The first kappa shape index (κ1) is 14.0. The molecule has 7 nitrogen and oxygen atoms in total. The number of hydrogen-bond donors (Lipinski definition) is 1. The summed E-state index contributed by atoms with van der Waals surface area (Å²) < 4.78 is 24.0. The number of nitrogens with zero attached hydrogens (tertiary/aromatic N) is 4. The molecule has 0 aromatic carbocycles. The van der Waals surface area contributed by atoms with Crippen LogP contribution in [0.3, 0.4) is 0 Å². The van der Waals surface area contributed by atoms with Crippen molar-refractivity contribution < 1.29 is 8.42 Å². The Morgan fingerprint density at radius 2 is 2.18 bits per heavy atom. The Morgan fingerprint density at radius 1 is 1.47 bits per heavy atom. The van der Waals surface area contributed by atoms with Gasteiger partial charge in [-0.25, -0.2) is 13.1 Å². The van der Waals surface area contributed by atoms with Gasteiger partial charge in [-0.15, -0.1) is 5.10 Å². The molecule has 98 valence electrons. The van der Waals surface area contributed by atoms with Crippen LogP contribution in [0.1, 0.15) is 32.1 Å². The lowest BCUT2D eigenvalue weighted by Crippen LogP contribution is -2.23. The molecule has 17 heavy (non-hydrogen) atoms. The molecule has 1 rings (SSSR count). The third-order valence-electron chi connectivity index (χ3n) is 2.23. The molecular weight excluding hydrogens is 242 g/mol. The van der Waals surface area contributed by atoms with Crippen LogP contribution in [-0.2, 0) is 16.4 Å². The van der Waals surface area contributed by atoms with Gasteiger partial charge in [-0.3, -0.25) is 0 Å². The number of hydrogen-bond acceptors (Lipinski definition) is 6. The summed E-state index contributed by atoms with van der Waals surface area (Å²) in [6.07, 6.45) is 2.24. The first-order valence-corrected chi connectivity index (χ1v) is 7.65. The number of aromatic nitrogens is 4. The molecule has 0 saturated heterocycles. The molecule has 1 heterocycles. The Labute approximate surface area is 102 Å². The second-order valence-corrected chi connectivity index (χ2v) is 6.34. The second kappa shape index (κ2) is 6.06. The summed E-state index contributed by atoms with van der Waals surface area (Å²) >= 11 is 0. The molecule has 0 aliphatic rings. The minimum absolute atomic E-state index is 0.0405. The summed E-state index contributed by atoms with van der Waals surface area (Å²) in [5, 5.41) is 14.5. The Kier molecular flexibility index (Phi) is 5.01. The lowest BCUT2D eigenvalue weighted by Gasteiger charge is -2.12. The maximum atomic E-state index is 11.2. The lowest BCUT2D eigenvalue weighted by atomic mass is 10.4. The number of sulfone groups is 1. The molecule has 0 bridgehead atoms. The average molecular weight is 261 g/mol. The topological polar surface area (TPSA) is 89.8 Å². The van der Waals surface area contributed by atoms with Crippen molar-refractivity contribution in [1.82, 2.24) is 25.5 Å². The van der Waals surface area contributed by atoms with E-state index < -0.39 is 9.84 Å². The van der Waals surface area contributed by atoms with Gasteiger partial charge in [0.1, 0.15) is 9.84 Å². The van der Waals surface area contributed by atoms with Gasteiger partial charge in [0.25, 0.3) is 0 Å². The van der Waals surface area contributed by atoms with Gasteiger partial charge in [0, 0.05) is 6.26 Å². The minimum Gasteiger partial charge on any atom is -0.310 e. The Bertz CT molecular complexity index is 442. The van der Waals surface area contributed by atoms with E-state index in [1.165, 1.54) is 6.26 Å². The molecular formula is C9H19N5O2S. The highest BCUT2D eigenvalue weighted by atomic mass is 32.2. The highest BCUT2D eigenvalue weighted by Crippen LogP contribution is 2.08. The van der Waals surface area contributed by atoms with Gasteiger partial charge in [0.2, 0.25) is 0 Å². The quantitative estimate of drug-likeness (QED) is 0.682. The zero-order valence-corrected chi connectivity index (χ0v) is 11.2. The largest absolute Gasteiger partial charge is 0.310 e. The van der Waals surface area contributed by atoms with Crippen LogP contribution in [-0.4, -0.2) is 47.2 Å². The highest BCUT2D eigenvalue weighted by Gasteiger charge is 2.17. The van der Waals surface area contributed by atoms with Gasteiger partial charge < -0.3 is 5.32 Å². The van der Waals surface area contributed by atoms with Gasteiger partial charge in [0.05, 0.1) is 18.3 Å². The summed E-state index contributed by atoms with van der Waals surface area (Å²) in [6.45, 7) is 5.30. The van der Waals surface area contributed by atoms with Gasteiger partial charge in [-0.2, -0.15) is 0 Å². The van der Waals surface area contributed by atoms with E-state index >= 15 is 0 Å². The lowest BCUT2D eigenvalue weighted by molar-refractivity contribution is 0.477. The van der Waals surface area contributed by atoms with Crippen LogP contribution in [0.15, 0.2) is 0 Å². The van der Waals surface area contributed by atoms with Gasteiger partial charge >= 0.3 is 0 Å². The fraction of sp³-hybridized carbons (Fsp3) is 0.889. The van der Waals surface area contributed by atoms with E-state index in [4.69, 9.17) is 0 Å². The third kappa shape index (κ3) is 4.78. The van der Waals surface area contributed by atoms with Crippen molar-refractivity contribution in [3.05, 3.63) is 5.82 Å². The van der Waals surface area contributed by atoms with E-state index in [9.17, 15) is 8.42 Å². The number of nitrogens with one attached hydrogen (secondary N) is 1. The average Bonchev–Trinajstić information content (AvgIpc) is 2.64. The molecule has 1 aromatic heterocycles. The minimum atomic E-state index is -3.03. The normalized spacial score (nSPS) is 13.8. The predicted octanol–water partition coefficient (Wildman–Crippen LogP) is -0.222. The van der Waals surface area contributed by atoms with Crippen molar-refractivity contribution in [1.29, 1.82) is 0 Å². The first-order chi connectivity index (χ1) is 7.94. The predicted molar refractivity (Wildman–Crippen MR) is 64.2 cm³/mol. The van der Waals surface area contributed by atoms with E-state index in [0.717, 1.165) is 13.0 Å². The maximum absolute atomic E-state index is 11.2. The Balaban J connectivity index is 2.67. The molecule has 1 aromatic rings. The van der Waals surface area contributed by atoms with Crippen molar-refractivity contribution in [2.75, 3.05) is 18.6 Å². The second-order valence-electron chi connectivity index (χ2n) is 4.16. The third-order valence-corrected chi connectivity index (χ3v) is 3.32. The smallest absolute Gasteiger partial charge is 0.165 e. The van der Waals surface area contributed by atoms with Crippen molar-refractivity contribution >= 4 is 9.84 Å². The summed E-state index contributed by atoms with van der Waals surface area (Å²) in [5.41, 5.74) is 0. The molecule has 0 aliphatic heterocycles. The van der Waals surface area contributed by atoms with E-state index in [1.807, 2.05) is 0 Å². The van der Waals surface area contributed by atoms with Gasteiger partial charge in [-0.1, -0.05) is 6.92 Å². The van der Waals surface area contributed by atoms with Crippen molar-refractivity contribution in [3.63, 3.8) is 0 Å². The first-order valence-electron chi connectivity index (χ1n) is 5.59. The van der Waals surface area contributed by atoms with Crippen LogP contribution in [0.4, 0.5) is 0 Å². The van der Waals surface area contributed by atoms with Crippen LogP contribution in [0.5, 0.6) is 0 Å². The van der Waals surface area contributed by atoms with Crippen molar-refractivity contribution in [3.8, 4) is 0 Å². The maximum Gasteiger partial charge on any atom is 0.165 e. The fourth-order valence-electron chi connectivity index (χ4n) is 1.56. The van der Waals surface area contributed by atoms with Crippen LogP contribution in [0.2, 0.25) is 0 Å². The fourth-order valence-corrected chi connectivity index (χ4v) is 2.57. The SMILES string of the molecule is CCCNCc1nnnn1C(C)CS(C)(=O)=O. The molecule has 0 saturated carbocycles. The summed E-state index contributed by atoms with van der Waals surface area (Å²) in [7, 11) is -3.03. The van der Waals surface area contributed by atoms with Crippen LogP contribution in [0, 0.1) is 0 Å². The number of rotatable bonds is 7. The zero-order valence-electron chi connectivity index (χ0n) is 10.4. The van der Waals surface area contributed by atoms with Crippen molar-refractivity contribution in [2.24, 2.45) is 0 Å². The molecule has 1 N–H and O–H groups in total. The molecule has 0 radical (unpaired) electrons. The highest BCUT2D eigenvalue weighted by molar-refractivity contribution is 7.90. The Morgan fingerprint density at radius 3 is 2.76 bits per heavy atom. The molecule has 0 spiro atoms. The molecule has 8 heteroatoms. The summed E-state index contributed by atoms with van der Waals surface area (Å²) in [5.74, 6) is 0.702. The van der Waals surface area contributed by atoms with E-state index in [2.05, 4.69) is 27.8 Å². The molecule has 0 amide bonds. The molecule has 0 fully saturated rings. The summed E-state index contributed by atoms with van der Waals surface area (Å²) in [6, 6.07) is -0.251. The molecule has 1 atom stereocenters. The van der Waals surface area contributed by atoms with Gasteiger partial charge in [0.15, 0.2) is 5.82 Å². The zero-order chi connectivity index (χ0) is 12.9. The van der Waals surface area contributed by atoms with E-state index in [-0.39, 0.29) is 11.8 Å². The van der Waals surface area contributed by atoms with E-state index in [0.29, 0.717) is 12.4 Å². The monoisotopic (exact) mass is 261 g/mol. The molecule has 1 unspecified atom stereocenters. The van der Waals surface area contributed by atoms with Crippen LogP contribution >= 0.6 is 0 Å². The summed E-state index contributed by atoms with van der Waals surface area (Å²) in [4.78, 5) is 0. The van der Waals surface area contributed by atoms with Gasteiger partial charge in [-0.05, 0) is 30.3 Å². The number of tetrazole rings is 1. The Hall–Kier alpha value is -1.02.